The van der Waals surface area contributed by atoms with Gasteiger partial charge in [0.25, 0.3) is 0 Å². The lowest BCUT2D eigenvalue weighted by atomic mass is 9.78. The van der Waals surface area contributed by atoms with Gasteiger partial charge in [-0.05, 0) is 48.6 Å². The first kappa shape index (κ1) is 17.1. The van der Waals surface area contributed by atoms with Crippen LogP contribution >= 0.6 is 43.5 Å². The fourth-order valence-corrected chi connectivity index (χ4v) is 4.83. The Morgan fingerprint density at radius 2 is 1.62 bits per heavy atom. The lowest BCUT2D eigenvalue weighted by Crippen LogP contribution is -2.33. The molecule has 0 saturated heterocycles. The third-order valence-electron chi connectivity index (χ3n) is 4.07. The standard InChI is InChI=1S/C18H19Br2Cl/c1-13-7-8-15(9-14(13)2)10-18(11-19,12-20)16-5-3-4-6-17(16)21/h3-9H,10-12H2,1-2H3. The second kappa shape index (κ2) is 7.30. The number of hydrogen-bond donors (Lipinski definition) is 0. The van der Waals surface area contributed by atoms with Crippen LogP contribution < -0.4 is 0 Å². The van der Waals surface area contributed by atoms with Crippen molar-refractivity contribution in [1.82, 2.24) is 0 Å². The van der Waals surface area contributed by atoms with Gasteiger partial charge in [0.05, 0.1) is 0 Å². The molecule has 0 fully saturated rings. The van der Waals surface area contributed by atoms with Gasteiger partial charge in [-0.3, -0.25) is 0 Å². The Bertz CT molecular complexity index is 618. The molecule has 0 radical (unpaired) electrons. The topological polar surface area (TPSA) is 0 Å². The fourth-order valence-electron chi connectivity index (χ4n) is 2.56. The second-order valence-electron chi connectivity index (χ2n) is 5.62. The first-order valence-corrected chi connectivity index (χ1v) is 9.57. The molecule has 0 atom stereocenters. The number of aryl methyl sites for hydroxylation is 2. The van der Waals surface area contributed by atoms with Gasteiger partial charge in [0.2, 0.25) is 0 Å². The maximum atomic E-state index is 6.45. The average molecular weight is 431 g/mol. The molecular weight excluding hydrogens is 411 g/mol. The molecule has 0 saturated carbocycles. The highest BCUT2D eigenvalue weighted by Gasteiger charge is 2.32. The maximum Gasteiger partial charge on any atom is 0.0444 e. The van der Waals surface area contributed by atoms with Gasteiger partial charge in [-0.25, -0.2) is 0 Å². The molecule has 3 heteroatoms. The zero-order valence-electron chi connectivity index (χ0n) is 12.3. The molecule has 0 unspecified atom stereocenters. The predicted molar refractivity (Wildman–Crippen MR) is 100 cm³/mol. The van der Waals surface area contributed by atoms with Crippen LogP contribution in [-0.4, -0.2) is 10.7 Å². The summed E-state index contributed by atoms with van der Waals surface area (Å²) in [5.41, 5.74) is 5.17. The Hall–Kier alpha value is -0.310. The SMILES string of the molecule is Cc1ccc(CC(CBr)(CBr)c2ccccc2Cl)cc1C. The summed E-state index contributed by atoms with van der Waals surface area (Å²) in [5, 5.41) is 2.56. The second-order valence-corrected chi connectivity index (χ2v) is 7.15. The molecule has 0 spiro atoms. The van der Waals surface area contributed by atoms with Crippen molar-refractivity contribution >= 4 is 43.5 Å². The van der Waals surface area contributed by atoms with Crippen molar-refractivity contribution < 1.29 is 0 Å². The maximum absolute atomic E-state index is 6.45. The van der Waals surface area contributed by atoms with Crippen LogP contribution in [0.1, 0.15) is 22.3 Å². The summed E-state index contributed by atoms with van der Waals surface area (Å²) < 4.78 is 0. The molecule has 0 N–H and O–H groups in total. The highest BCUT2D eigenvalue weighted by molar-refractivity contribution is 9.09. The molecule has 0 aromatic heterocycles. The van der Waals surface area contributed by atoms with E-state index in [9.17, 15) is 0 Å². The monoisotopic (exact) mass is 428 g/mol. The van der Waals surface area contributed by atoms with Gasteiger partial charge in [0.1, 0.15) is 0 Å². The average Bonchev–Trinajstić information content (AvgIpc) is 2.49. The number of halogens is 3. The molecule has 2 aromatic carbocycles. The summed E-state index contributed by atoms with van der Waals surface area (Å²) in [7, 11) is 0. The van der Waals surface area contributed by atoms with Crippen LogP contribution in [0.2, 0.25) is 5.02 Å². The van der Waals surface area contributed by atoms with Crippen LogP contribution in [0.5, 0.6) is 0 Å². The van der Waals surface area contributed by atoms with Crippen molar-refractivity contribution in [1.29, 1.82) is 0 Å². The number of benzene rings is 2. The summed E-state index contributed by atoms with van der Waals surface area (Å²) in [6.07, 6.45) is 0.953. The Morgan fingerprint density at radius 1 is 0.952 bits per heavy atom. The van der Waals surface area contributed by atoms with E-state index in [0.717, 1.165) is 22.1 Å². The van der Waals surface area contributed by atoms with Crippen molar-refractivity contribution in [3.63, 3.8) is 0 Å². The van der Waals surface area contributed by atoms with E-state index in [4.69, 9.17) is 11.6 Å². The first-order valence-electron chi connectivity index (χ1n) is 6.95. The normalized spacial score (nSPS) is 11.7. The first-order chi connectivity index (χ1) is 10.0. The molecule has 0 bridgehead atoms. The van der Waals surface area contributed by atoms with Gasteiger partial charge in [-0.1, -0.05) is 79.9 Å². The summed E-state index contributed by atoms with van der Waals surface area (Å²) in [4.78, 5) is 0. The van der Waals surface area contributed by atoms with Crippen molar-refractivity contribution in [2.75, 3.05) is 10.7 Å². The van der Waals surface area contributed by atoms with Crippen LogP contribution in [-0.2, 0) is 11.8 Å². The minimum Gasteiger partial charge on any atom is -0.0918 e. The summed E-state index contributed by atoms with van der Waals surface area (Å²) in [6, 6.07) is 14.8. The zero-order chi connectivity index (χ0) is 15.5. The van der Waals surface area contributed by atoms with Crippen LogP contribution in [0.3, 0.4) is 0 Å². The van der Waals surface area contributed by atoms with E-state index in [-0.39, 0.29) is 5.41 Å². The third kappa shape index (κ3) is 3.72. The van der Waals surface area contributed by atoms with Gasteiger partial charge in [0, 0.05) is 21.1 Å². The molecular formula is C18H19Br2Cl. The van der Waals surface area contributed by atoms with Crippen LogP contribution in [0.15, 0.2) is 42.5 Å². The van der Waals surface area contributed by atoms with Crippen LogP contribution in [0.25, 0.3) is 0 Å². The van der Waals surface area contributed by atoms with Crippen molar-refractivity contribution in [3.8, 4) is 0 Å². The quantitative estimate of drug-likeness (QED) is 0.494. The lowest BCUT2D eigenvalue weighted by Gasteiger charge is -2.32. The minimum absolute atomic E-state index is 0.0416. The van der Waals surface area contributed by atoms with Gasteiger partial charge < -0.3 is 0 Å². The largest absolute Gasteiger partial charge is 0.0918 e. The van der Waals surface area contributed by atoms with Gasteiger partial charge >= 0.3 is 0 Å². The van der Waals surface area contributed by atoms with Crippen molar-refractivity contribution in [2.45, 2.75) is 25.7 Å². The third-order valence-corrected chi connectivity index (χ3v) is 6.55. The van der Waals surface area contributed by atoms with Crippen molar-refractivity contribution in [2.24, 2.45) is 0 Å². The molecule has 21 heavy (non-hydrogen) atoms. The lowest BCUT2D eigenvalue weighted by molar-refractivity contribution is 0.551. The Balaban J connectivity index is 2.43. The van der Waals surface area contributed by atoms with Crippen LogP contribution in [0.4, 0.5) is 0 Å². The fraction of sp³-hybridized carbons (Fsp3) is 0.333. The van der Waals surface area contributed by atoms with Gasteiger partial charge in [0.15, 0.2) is 0 Å². The minimum atomic E-state index is -0.0416. The highest BCUT2D eigenvalue weighted by atomic mass is 79.9. The van der Waals surface area contributed by atoms with Crippen molar-refractivity contribution in [3.05, 3.63) is 69.7 Å². The molecule has 0 aliphatic carbocycles. The number of rotatable bonds is 5. The van der Waals surface area contributed by atoms with Gasteiger partial charge in [-0.15, -0.1) is 0 Å². The van der Waals surface area contributed by atoms with Crippen LogP contribution in [0, 0.1) is 13.8 Å². The molecule has 0 heterocycles. The zero-order valence-corrected chi connectivity index (χ0v) is 16.2. The molecule has 0 amide bonds. The molecule has 2 aromatic rings. The Morgan fingerprint density at radius 3 is 2.19 bits per heavy atom. The van der Waals surface area contributed by atoms with E-state index in [0.29, 0.717) is 0 Å². The smallest absolute Gasteiger partial charge is 0.0444 e. The van der Waals surface area contributed by atoms with E-state index in [1.807, 2.05) is 12.1 Å². The Kier molecular flexibility index (Phi) is 5.93. The van der Waals surface area contributed by atoms with E-state index >= 15 is 0 Å². The molecule has 0 aliphatic heterocycles. The summed E-state index contributed by atoms with van der Waals surface area (Å²) in [5.74, 6) is 0. The summed E-state index contributed by atoms with van der Waals surface area (Å²) in [6.45, 7) is 4.31. The number of alkyl halides is 2. The molecule has 0 aliphatic rings. The van der Waals surface area contributed by atoms with E-state index in [2.05, 4.69) is 76.0 Å². The number of hydrogen-bond acceptors (Lipinski definition) is 0. The van der Waals surface area contributed by atoms with E-state index < -0.39 is 0 Å². The predicted octanol–water partition coefficient (Wildman–Crippen LogP) is 6.23. The molecule has 2 rings (SSSR count). The Labute approximate surface area is 149 Å². The highest BCUT2D eigenvalue weighted by Crippen LogP contribution is 2.37. The van der Waals surface area contributed by atoms with E-state index in [1.54, 1.807) is 0 Å². The molecule has 0 nitrogen and oxygen atoms in total. The molecule has 112 valence electrons. The van der Waals surface area contributed by atoms with Gasteiger partial charge in [-0.2, -0.15) is 0 Å². The summed E-state index contributed by atoms with van der Waals surface area (Å²) >= 11 is 13.9. The van der Waals surface area contributed by atoms with E-state index in [1.165, 1.54) is 22.3 Å².